The summed E-state index contributed by atoms with van der Waals surface area (Å²) in [7, 11) is 4.09. The minimum Gasteiger partial charge on any atom is -0.302 e. The van der Waals surface area contributed by atoms with Crippen LogP contribution >= 0.6 is 11.6 Å². The molecule has 0 aliphatic heterocycles. The first-order valence-electron chi connectivity index (χ1n) is 6.99. The highest BCUT2D eigenvalue weighted by Crippen LogP contribution is 2.30. The molecule has 0 bridgehead atoms. The monoisotopic (exact) mass is 301 g/mol. The van der Waals surface area contributed by atoms with Gasteiger partial charge in [-0.1, -0.05) is 37.6 Å². The van der Waals surface area contributed by atoms with Crippen LogP contribution in [0.15, 0.2) is 18.2 Å². The molecule has 0 saturated heterocycles. The molecule has 0 spiro atoms. The van der Waals surface area contributed by atoms with Gasteiger partial charge in [0.15, 0.2) is 0 Å². The van der Waals surface area contributed by atoms with Crippen LogP contribution in [-0.4, -0.2) is 30.6 Å². The molecule has 5 heteroatoms. The molecule has 3 nitrogen and oxygen atoms in total. The average molecular weight is 302 g/mol. The van der Waals surface area contributed by atoms with E-state index in [9.17, 15) is 4.39 Å². The zero-order valence-electron chi connectivity index (χ0n) is 12.7. The maximum absolute atomic E-state index is 13.6. The van der Waals surface area contributed by atoms with Gasteiger partial charge in [-0.2, -0.15) is 0 Å². The smallest absolute Gasteiger partial charge is 0.142 e. The molecule has 1 rings (SSSR count). The molecule has 0 heterocycles. The van der Waals surface area contributed by atoms with E-state index in [0.717, 1.165) is 18.4 Å². The normalized spacial score (nSPS) is 13.8. The predicted molar refractivity (Wildman–Crippen MR) is 83.2 cm³/mol. The lowest BCUT2D eigenvalue weighted by atomic mass is 9.80. The minimum atomic E-state index is -0.386. The summed E-state index contributed by atoms with van der Waals surface area (Å²) in [4.78, 5) is 2.19. The second-order valence-corrected chi connectivity index (χ2v) is 5.72. The zero-order chi connectivity index (χ0) is 15.3. The van der Waals surface area contributed by atoms with E-state index in [0.29, 0.717) is 6.42 Å². The number of nitrogens with two attached hydrogens (primary N) is 1. The Morgan fingerprint density at radius 3 is 2.40 bits per heavy atom. The van der Waals surface area contributed by atoms with Crippen molar-refractivity contribution in [3.05, 3.63) is 34.6 Å². The van der Waals surface area contributed by atoms with Gasteiger partial charge in [-0.05, 0) is 45.0 Å². The van der Waals surface area contributed by atoms with Crippen LogP contribution in [0.3, 0.4) is 0 Å². The third kappa shape index (κ3) is 3.31. The summed E-state index contributed by atoms with van der Waals surface area (Å²) in [5.41, 5.74) is 3.59. The van der Waals surface area contributed by atoms with Gasteiger partial charge in [-0.3, -0.25) is 11.3 Å². The van der Waals surface area contributed by atoms with Crippen molar-refractivity contribution in [1.82, 2.24) is 10.3 Å². The number of benzene rings is 1. The quantitative estimate of drug-likeness (QED) is 0.601. The fourth-order valence-electron chi connectivity index (χ4n) is 3.02. The number of rotatable bonds is 7. The molecule has 0 radical (unpaired) electrons. The van der Waals surface area contributed by atoms with E-state index < -0.39 is 0 Å². The molecule has 114 valence electrons. The number of hydrogen-bond acceptors (Lipinski definition) is 3. The summed E-state index contributed by atoms with van der Waals surface area (Å²) in [6.45, 7) is 4.28. The molecular formula is C15H25ClFN3. The molecule has 0 amide bonds. The van der Waals surface area contributed by atoms with Crippen molar-refractivity contribution in [2.45, 2.75) is 44.7 Å². The Bertz CT molecular complexity index is 433. The van der Waals surface area contributed by atoms with E-state index in [2.05, 4.69) is 24.2 Å². The summed E-state index contributed by atoms with van der Waals surface area (Å²) in [5, 5.41) is 0.188. The fraction of sp³-hybridized carbons (Fsp3) is 0.600. The van der Waals surface area contributed by atoms with Gasteiger partial charge in [-0.25, -0.2) is 4.39 Å². The second-order valence-electron chi connectivity index (χ2n) is 5.34. The highest BCUT2D eigenvalue weighted by atomic mass is 35.5. The molecule has 0 fully saturated rings. The molecule has 0 saturated carbocycles. The van der Waals surface area contributed by atoms with E-state index >= 15 is 0 Å². The van der Waals surface area contributed by atoms with Gasteiger partial charge >= 0.3 is 0 Å². The van der Waals surface area contributed by atoms with Crippen LogP contribution in [0.1, 0.15) is 32.3 Å². The first kappa shape index (κ1) is 17.4. The lowest BCUT2D eigenvalue weighted by Crippen LogP contribution is -2.61. The third-order valence-corrected chi connectivity index (χ3v) is 4.84. The Hall–Kier alpha value is -0.680. The van der Waals surface area contributed by atoms with Crippen molar-refractivity contribution in [3.8, 4) is 0 Å². The predicted octanol–water partition coefficient (Wildman–Crippen LogP) is 2.97. The molecule has 0 aromatic heterocycles. The molecular weight excluding hydrogens is 277 g/mol. The van der Waals surface area contributed by atoms with Crippen molar-refractivity contribution in [3.63, 3.8) is 0 Å². The molecule has 0 aliphatic rings. The first-order chi connectivity index (χ1) is 9.42. The van der Waals surface area contributed by atoms with Crippen molar-refractivity contribution in [2.24, 2.45) is 5.84 Å². The number of nitrogens with one attached hydrogen (secondary N) is 1. The van der Waals surface area contributed by atoms with E-state index in [1.54, 1.807) is 6.07 Å². The van der Waals surface area contributed by atoms with Crippen molar-refractivity contribution in [2.75, 3.05) is 14.1 Å². The molecule has 1 unspecified atom stereocenters. The third-order valence-electron chi connectivity index (χ3n) is 4.42. The van der Waals surface area contributed by atoms with Gasteiger partial charge in [0.05, 0.1) is 5.02 Å². The average Bonchev–Trinajstić information content (AvgIpc) is 2.43. The largest absolute Gasteiger partial charge is 0.302 e. The molecule has 3 N–H and O–H groups in total. The van der Waals surface area contributed by atoms with E-state index in [4.69, 9.17) is 17.4 Å². The van der Waals surface area contributed by atoms with Gasteiger partial charge < -0.3 is 4.90 Å². The first-order valence-corrected chi connectivity index (χ1v) is 7.37. The molecule has 0 aliphatic carbocycles. The van der Waals surface area contributed by atoms with Gasteiger partial charge in [0.2, 0.25) is 0 Å². The van der Waals surface area contributed by atoms with Crippen LogP contribution in [0, 0.1) is 5.82 Å². The zero-order valence-corrected chi connectivity index (χ0v) is 13.5. The van der Waals surface area contributed by atoms with E-state index in [1.165, 1.54) is 6.07 Å². The molecule has 20 heavy (non-hydrogen) atoms. The van der Waals surface area contributed by atoms with Crippen LogP contribution in [0.2, 0.25) is 5.02 Å². The topological polar surface area (TPSA) is 41.3 Å². The van der Waals surface area contributed by atoms with Crippen molar-refractivity contribution >= 4 is 11.6 Å². The molecule has 1 aromatic rings. The lowest BCUT2D eigenvalue weighted by Gasteiger charge is -2.45. The maximum atomic E-state index is 13.6. The number of hydrogen-bond donors (Lipinski definition) is 2. The second kappa shape index (κ2) is 7.36. The van der Waals surface area contributed by atoms with Gasteiger partial charge in [-0.15, -0.1) is 0 Å². The Labute approximate surface area is 126 Å². The number of likely N-dealkylation sites (N-methyl/N-ethyl adjacent to an activating group) is 1. The Morgan fingerprint density at radius 1 is 1.35 bits per heavy atom. The van der Waals surface area contributed by atoms with Crippen LogP contribution in [0.4, 0.5) is 4.39 Å². The minimum absolute atomic E-state index is 0.00759. The van der Waals surface area contributed by atoms with Crippen molar-refractivity contribution in [1.29, 1.82) is 0 Å². The highest BCUT2D eigenvalue weighted by molar-refractivity contribution is 6.31. The maximum Gasteiger partial charge on any atom is 0.142 e. The Morgan fingerprint density at radius 2 is 1.95 bits per heavy atom. The standard InChI is InChI=1S/C15H25ClFN3/c1-5-15(6-2,20(3)4)13(19-18)10-11-8-7-9-12(17)14(11)16/h7-9,13,19H,5-6,10,18H2,1-4H3. The Balaban J connectivity index is 3.10. The van der Waals surface area contributed by atoms with Crippen LogP contribution in [-0.2, 0) is 6.42 Å². The van der Waals surface area contributed by atoms with Crippen LogP contribution < -0.4 is 11.3 Å². The molecule has 1 atom stereocenters. The Kier molecular flexibility index (Phi) is 6.40. The van der Waals surface area contributed by atoms with E-state index in [1.807, 2.05) is 20.2 Å². The summed E-state index contributed by atoms with van der Waals surface area (Å²) >= 11 is 6.05. The summed E-state index contributed by atoms with van der Waals surface area (Å²) in [6.07, 6.45) is 2.48. The van der Waals surface area contributed by atoms with Crippen LogP contribution in [0.25, 0.3) is 0 Å². The fourth-order valence-corrected chi connectivity index (χ4v) is 3.22. The van der Waals surface area contributed by atoms with Gasteiger partial charge in [0.1, 0.15) is 5.82 Å². The van der Waals surface area contributed by atoms with Crippen LogP contribution in [0.5, 0.6) is 0 Å². The highest BCUT2D eigenvalue weighted by Gasteiger charge is 2.37. The van der Waals surface area contributed by atoms with Gasteiger partial charge in [0, 0.05) is 11.6 Å². The lowest BCUT2D eigenvalue weighted by molar-refractivity contribution is 0.0882. The van der Waals surface area contributed by atoms with Gasteiger partial charge in [0.25, 0.3) is 0 Å². The number of halogens is 2. The summed E-state index contributed by atoms with van der Waals surface area (Å²) in [6, 6.07) is 4.89. The number of nitrogens with zero attached hydrogens (tertiary/aromatic N) is 1. The molecule has 1 aromatic carbocycles. The summed E-state index contributed by atoms with van der Waals surface area (Å²) < 4.78 is 13.6. The van der Waals surface area contributed by atoms with E-state index in [-0.39, 0.29) is 22.4 Å². The summed E-state index contributed by atoms with van der Waals surface area (Å²) in [5.74, 6) is 5.38. The van der Waals surface area contributed by atoms with Crippen molar-refractivity contribution < 1.29 is 4.39 Å². The number of hydrazine groups is 1. The SMILES string of the molecule is CCC(CC)(C(Cc1cccc(F)c1Cl)NN)N(C)C.